The van der Waals surface area contributed by atoms with Gasteiger partial charge in [0.2, 0.25) is 0 Å². The van der Waals surface area contributed by atoms with E-state index in [1.807, 2.05) is 6.07 Å². The van der Waals surface area contributed by atoms with Gasteiger partial charge in [0.15, 0.2) is 0 Å². The van der Waals surface area contributed by atoms with Gasteiger partial charge in [0.1, 0.15) is 5.82 Å². The average molecular weight is 272 g/mol. The third-order valence-electron chi connectivity index (χ3n) is 2.57. The lowest BCUT2D eigenvalue weighted by Gasteiger charge is -2.20. The first-order valence-corrected chi connectivity index (χ1v) is 6.78. The van der Waals surface area contributed by atoms with Gasteiger partial charge in [-0.05, 0) is 25.5 Å². The number of halogens is 1. The lowest BCUT2D eigenvalue weighted by Crippen LogP contribution is -2.27. The minimum atomic E-state index is 0.0442. The smallest absolute Gasteiger partial charge is 0.128 e. The van der Waals surface area contributed by atoms with Crippen molar-refractivity contribution in [2.75, 3.05) is 25.5 Å². The number of hydrogen-bond acceptors (Lipinski definition) is 4. The lowest BCUT2D eigenvalue weighted by molar-refractivity contribution is 0.112. The molecule has 0 fully saturated rings. The summed E-state index contributed by atoms with van der Waals surface area (Å²) in [5.74, 6) is 0.508. The van der Waals surface area contributed by atoms with E-state index in [1.165, 1.54) is 0 Å². The van der Waals surface area contributed by atoms with Crippen LogP contribution in [0.25, 0.3) is 0 Å². The normalized spacial score (nSPS) is 12.6. The van der Waals surface area contributed by atoms with E-state index < -0.39 is 0 Å². The number of rotatable bonds is 8. The molecule has 4 nitrogen and oxygen atoms in total. The summed E-state index contributed by atoms with van der Waals surface area (Å²) in [5, 5.41) is 4.00. The second kappa shape index (κ2) is 8.29. The van der Waals surface area contributed by atoms with Gasteiger partial charge in [-0.1, -0.05) is 25.4 Å². The molecule has 1 rings (SSSR count). The van der Waals surface area contributed by atoms with E-state index in [9.17, 15) is 0 Å². The maximum Gasteiger partial charge on any atom is 0.128 e. The summed E-state index contributed by atoms with van der Waals surface area (Å²) >= 11 is 5.97. The van der Waals surface area contributed by atoms with Crippen LogP contribution in [0.4, 0.5) is 5.82 Å². The van der Waals surface area contributed by atoms with E-state index in [0.717, 1.165) is 31.6 Å². The molecule has 1 aromatic heterocycles. The van der Waals surface area contributed by atoms with Gasteiger partial charge in [0.25, 0.3) is 0 Å². The molecule has 0 spiro atoms. The molecule has 0 bridgehead atoms. The van der Waals surface area contributed by atoms with Crippen molar-refractivity contribution < 1.29 is 4.74 Å². The van der Waals surface area contributed by atoms with Crippen molar-refractivity contribution in [3.63, 3.8) is 0 Å². The van der Waals surface area contributed by atoms with Crippen molar-refractivity contribution in [2.24, 2.45) is 0 Å². The molecule has 1 heterocycles. The van der Waals surface area contributed by atoms with E-state index in [4.69, 9.17) is 22.1 Å². The number of nitrogens with zero attached hydrogens (tertiary/aromatic N) is 1. The van der Waals surface area contributed by atoms with Crippen LogP contribution in [0.5, 0.6) is 0 Å². The highest BCUT2D eigenvalue weighted by molar-refractivity contribution is 6.30. The Morgan fingerprint density at radius 3 is 2.89 bits per heavy atom. The summed E-state index contributed by atoms with van der Waals surface area (Å²) in [5.41, 5.74) is 6.81. The standard InChI is InChI=1S/C13H22ClN3O/c1-3-5-16-12(9-18-6-4-2)11-7-10(14)8-17-13(11)15/h7-8,12,16H,3-6,9H2,1-2H3,(H2,15,17). The van der Waals surface area contributed by atoms with Gasteiger partial charge in [-0.2, -0.15) is 0 Å². The Hall–Kier alpha value is -0.840. The summed E-state index contributed by atoms with van der Waals surface area (Å²) in [6, 6.07) is 1.90. The van der Waals surface area contributed by atoms with Crippen molar-refractivity contribution in [2.45, 2.75) is 32.7 Å². The topological polar surface area (TPSA) is 60.2 Å². The molecule has 1 unspecified atom stereocenters. The molecule has 0 aliphatic carbocycles. The number of nitrogen functional groups attached to an aromatic ring is 1. The molecule has 1 aromatic rings. The fourth-order valence-electron chi connectivity index (χ4n) is 1.67. The first-order valence-electron chi connectivity index (χ1n) is 6.41. The summed E-state index contributed by atoms with van der Waals surface area (Å²) < 4.78 is 5.60. The molecule has 5 heteroatoms. The van der Waals surface area contributed by atoms with Crippen LogP contribution in [0.15, 0.2) is 12.3 Å². The molecule has 18 heavy (non-hydrogen) atoms. The number of ether oxygens (including phenoxy) is 1. The number of nitrogens with one attached hydrogen (secondary N) is 1. The van der Waals surface area contributed by atoms with Gasteiger partial charge >= 0.3 is 0 Å². The van der Waals surface area contributed by atoms with E-state index in [-0.39, 0.29) is 6.04 Å². The zero-order chi connectivity index (χ0) is 13.4. The molecule has 0 saturated carbocycles. The highest BCUT2D eigenvalue weighted by Crippen LogP contribution is 2.22. The Morgan fingerprint density at radius 1 is 1.44 bits per heavy atom. The van der Waals surface area contributed by atoms with Crippen molar-refractivity contribution in [3.8, 4) is 0 Å². The number of pyridine rings is 1. The molecule has 1 atom stereocenters. The van der Waals surface area contributed by atoms with Crippen molar-refractivity contribution >= 4 is 17.4 Å². The largest absolute Gasteiger partial charge is 0.383 e. The van der Waals surface area contributed by atoms with Crippen molar-refractivity contribution in [1.29, 1.82) is 0 Å². The van der Waals surface area contributed by atoms with Crippen LogP contribution in [-0.2, 0) is 4.74 Å². The molecular weight excluding hydrogens is 250 g/mol. The van der Waals surface area contributed by atoms with Crippen LogP contribution in [0, 0.1) is 0 Å². The molecule has 0 aromatic carbocycles. The van der Waals surface area contributed by atoms with Crippen molar-refractivity contribution in [1.82, 2.24) is 10.3 Å². The Labute approximate surface area is 114 Å². The quantitative estimate of drug-likeness (QED) is 0.714. The van der Waals surface area contributed by atoms with Gasteiger partial charge < -0.3 is 15.8 Å². The fourth-order valence-corrected chi connectivity index (χ4v) is 1.83. The second-order valence-electron chi connectivity index (χ2n) is 4.21. The Balaban J connectivity index is 2.75. The lowest BCUT2D eigenvalue weighted by atomic mass is 10.1. The maximum atomic E-state index is 5.97. The highest BCUT2D eigenvalue weighted by atomic mass is 35.5. The molecule has 0 radical (unpaired) electrons. The highest BCUT2D eigenvalue weighted by Gasteiger charge is 2.15. The third-order valence-corrected chi connectivity index (χ3v) is 2.77. The predicted octanol–water partition coefficient (Wildman–Crippen LogP) is 2.78. The summed E-state index contributed by atoms with van der Waals surface area (Å²) in [6.45, 7) is 6.45. The van der Waals surface area contributed by atoms with E-state index in [1.54, 1.807) is 6.20 Å². The van der Waals surface area contributed by atoms with E-state index in [0.29, 0.717) is 17.4 Å². The minimum absolute atomic E-state index is 0.0442. The zero-order valence-corrected chi connectivity index (χ0v) is 11.8. The average Bonchev–Trinajstić information content (AvgIpc) is 2.37. The molecule has 0 amide bonds. The predicted molar refractivity (Wildman–Crippen MR) is 75.8 cm³/mol. The first-order chi connectivity index (χ1) is 8.69. The Bertz CT molecular complexity index is 360. The van der Waals surface area contributed by atoms with Gasteiger partial charge in [0, 0.05) is 18.4 Å². The Morgan fingerprint density at radius 2 is 2.22 bits per heavy atom. The summed E-state index contributed by atoms with van der Waals surface area (Å²) in [7, 11) is 0. The molecule has 102 valence electrons. The van der Waals surface area contributed by atoms with Crippen LogP contribution >= 0.6 is 11.6 Å². The summed E-state index contributed by atoms with van der Waals surface area (Å²) in [4.78, 5) is 4.09. The van der Waals surface area contributed by atoms with E-state index in [2.05, 4.69) is 24.1 Å². The van der Waals surface area contributed by atoms with E-state index >= 15 is 0 Å². The van der Waals surface area contributed by atoms with Crippen LogP contribution in [0.1, 0.15) is 38.3 Å². The molecule has 3 N–H and O–H groups in total. The van der Waals surface area contributed by atoms with Crippen LogP contribution in [-0.4, -0.2) is 24.7 Å². The summed E-state index contributed by atoms with van der Waals surface area (Å²) in [6.07, 6.45) is 3.62. The number of hydrogen-bond donors (Lipinski definition) is 2. The van der Waals surface area contributed by atoms with Crippen LogP contribution in [0.2, 0.25) is 5.02 Å². The van der Waals surface area contributed by atoms with Gasteiger partial charge in [-0.3, -0.25) is 0 Å². The number of anilines is 1. The van der Waals surface area contributed by atoms with Crippen LogP contribution in [0.3, 0.4) is 0 Å². The third kappa shape index (κ3) is 4.80. The van der Waals surface area contributed by atoms with Crippen LogP contribution < -0.4 is 11.1 Å². The van der Waals surface area contributed by atoms with Gasteiger partial charge in [0.05, 0.1) is 17.7 Å². The maximum absolute atomic E-state index is 5.97. The molecular formula is C13H22ClN3O. The second-order valence-corrected chi connectivity index (χ2v) is 4.65. The fraction of sp³-hybridized carbons (Fsp3) is 0.615. The number of aromatic nitrogens is 1. The molecule has 0 saturated heterocycles. The van der Waals surface area contributed by atoms with Gasteiger partial charge in [-0.15, -0.1) is 0 Å². The SMILES string of the molecule is CCCNC(COCCC)c1cc(Cl)cnc1N. The van der Waals surface area contributed by atoms with Crippen molar-refractivity contribution in [3.05, 3.63) is 22.8 Å². The minimum Gasteiger partial charge on any atom is -0.383 e. The van der Waals surface area contributed by atoms with Gasteiger partial charge in [-0.25, -0.2) is 4.98 Å². The Kier molecular flexibility index (Phi) is 7.01. The zero-order valence-electron chi connectivity index (χ0n) is 11.1. The molecule has 0 aliphatic rings. The first kappa shape index (κ1) is 15.2. The number of nitrogens with two attached hydrogens (primary N) is 1. The monoisotopic (exact) mass is 271 g/mol. The molecule has 0 aliphatic heterocycles.